The lowest BCUT2D eigenvalue weighted by atomic mass is 10.2. The molecule has 1 heterocycles. The number of imidazole rings is 1. The van der Waals surface area contributed by atoms with E-state index in [9.17, 15) is 0 Å². The van der Waals surface area contributed by atoms with E-state index in [2.05, 4.69) is 15.6 Å². The molecule has 1 saturated carbocycles. The smallest absolute Gasteiger partial charge is 0.147 e. The van der Waals surface area contributed by atoms with Gasteiger partial charge in [0.2, 0.25) is 0 Å². The van der Waals surface area contributed by atoms with Crippen LogP contribution in [-0.4, -0.2) is 15.7 Å². The molecule has 0 radical (unpaired) electrons. The zero-order chi connectivity index (χ0) is 14.1. The van der Waals surface area contributed by atoms with E-state index in [0.29, 0.717) is 5.88 Å². The topological polar surface area (TPSA) is 27.1 Å². The average Bonchev–Trinajstić information content (AvgIpc) is 3.17. The van der Waals surface area contributed by atoms with Crippen molar-refractivity contribution < 1.29 is 4.74 Å². The average molecular weight is 293 g/mol. The third-order valence-electron chi connectivity index (χ3n) is 3.76. The first-order valence-corrected chi connectivity index (χ1v) is 7.93. The summed E-state index contributed by atoms with van der Waals surface area (Å²) in [6, 6.07) is 6.13. The van der Waals surface area contributed by atoms with Crippen LogP contribution >= 0.6 is 11.6 Å². The molecule has 3 nitrogen and oxygen atoms in total. The number of ether oxygens (including phenoxy) is 1. The number of hydrogen-bond donors (Lipinski definition) is 0. The SMILES string of the molecule is CC(C)Oc1cccc2c1nc(CCl)n2CCC1CC1. The van der Waals surface area contributed by atoms with Crippen LogP contribution in [0, 0.1) is 5.92 Å². The minimum absolute atomic E-state index is 0.150. The van der Waals surface area contributed by atoms with Crippen molar-refractivity contribution in [2.45, 2.75) is 51.6 Å². The fourth-order valence-corrected chi connectivity index (χ4v) is 2.79. The van der Waals surface area contributed by atoms with E-state index in [-0.39, 0.29) is 6.10 Å². The zero-order valence-electron chi connectivity index (χ0n) is 12.1. The molecule has 1 aliphatic carbocycles. The first-order valence-electron chi connectivity index (χ1n) is 7.39. The molecule has 4 heteroatoms. The van der Waals surface area contributed by atoms with Crippen molar-refractivity contribution in [1.82, 2.24) is 9.55 Å². The Morgan fingerprint density at radius 1 is 1.40 bits per heavy atom. The monoisotopic (exact) mass is 292 g/mol. The van der Waals surface area contributed by atoms with Gasteiger partial charge in [0, 0.05) is 6.54 Å². The Morgan fingerprint density at radius 3 is 2.85 bits per heavy atom. The number of rotatable bonds is 6. The highest BCUT2D eigenvalue weighted by atomic mass is 35.5. The zero-order valence-corrected chi connectivity index (χ0v) is 12.9. The Bertz CT molecular complexity index is 602. The molecule has 0 atom stereocenters. The number of aryl methyl sites for hydroxylation is 1. The molecule has 0 amide bonds. The summed E-state index contributed by atoms with van der Waals surface area (Å²) in [5.74, 6) is 3.15. The van der Waals surface area contributed by atoms with Crippen LogP contribution in [0.2, 0.25) is 0 Å². The number of fused-ring (bicyclic) bond motifs is 1. The molecule has 1 fully saturated rings. The first-order chi connectivity index (χ1) is 9.69. The second-order valence-corrected chi connectivity index (χ2v) is 6.10. The summed E-state index contributed by atoms with van der Waals surface area (Å²) in [6.45, 7) is 5.07. The van der Waals surface area contributed by atoms with Crippen LogP contribution in [-0.2, 0) is 12.4 Å². The van der Waals surface area contributed by atoms with Gasteiger partial charge in [0.25, 0.3) is 0 Å². The van der Waals surface area contributed by atoms with E-state index < -0.39 is 0 Å². The summed E-state index contributed by atoms with van der Waals surface area (Å²) in [5.41, 5.74) is 2.08. The van der Waals surface area contributed by atoms with Crippen molar-refractivity contribution in [3.63, 3.8) is 0 Å². The van der Waals surface area contributed by atoms with E-state index in [1.807, 2.05) is 26.0 Å². The molecule has 108 valence electrons. The van der Waals surface area contributed by atoms with Crippen molar-refractivity contribution in [2.24, 2.45) is 5.92 Å². The van der Waals surface area contributed by atoms with Crippen molar-refractivity contribution in [3.8, 4) is 5.75 Å². The minimum Gasteiger partial charge on any atom is -0.489 e. The minimum atomic E-state index is 0.150. The lowest BCUT2D eigenvalue weighted by Gasteiger charge is -2.10. The van der Waals surface area contributed by atoms with Crippen molar-refractivity contribution >= 4 is 22.6 Å². The van der Waals surface area contributed by atoms with Gasteiger partial charge in [0.15, 0.2) is 0 Å². The quantitative estimate of drug-likeness (QED) is 0.740. The Labute approximate surface area is 124 Å². The molecule has 0 spiro atoms. The summed E-state index contributed by atoms with van der Waals surface area (Å²) >= 11 is 6.07. The summed E-state index contributed by atoms with van der Waals surface area (Å²) < 4.78 is 8.12. The van der Waals surface area contributed by atoms with E-state index in [1.54, 1.807) is 0 Å². The number of para-hydroxylation sites is 1. The summed E-state index contributed by atoms with van der Waals surface area (Å²) in [7, 11) is 0. The van der Waals surface area contributed by atoms with E-state index in [4.69, 9.17) is 16.3 Å². The molecule has 1 aliphatic rings. The molecule has 0 saturated heterocycles. The number of halogens is 1. The van der Waals surface area contributed by atoms with Crippen LogP contribution in [0.25, 0.3) is 11.0 Å². The first kappa shape index (κ1) is 13.7. The lowest BCUT2D eigenvalue weighted by molar-refractivity contribution is 0.245. The van der Waals surface area contributed by atoms with Gasteiger partial charge in [-0.3, -0.25) is 0 Å². The maximum Gasteiger partial charge on any atom is 0.147 e. The Kier molecular flexibility index (Phi) is 3.88. The molecule has 20 heavy (non-hydrogen) atoms. The number of hydrogen-bond acceptors (Lipinski definition) is 2. The third-order valence-corrected chi connectivity index (χ3v) is 4.00. The molecule has 1 aromatic heterocycles. The highest BCUT2D eigenvalue weighted by Crippen LogP contribution is 2.34. The third kappa shape index (κ3) is 2.78. The van der Waals surface area contributed by atoms with Gasteiger partial charge in [-0.15, -0.1) is 11.6 Å². The Morgan fingerprint density at radius 2 is 2.20 bits per heavy atom. The maximum atomic E-state index is 6.07. The summed E-state index contributed by atoms with van der Waals surface area (Å²) in [5, 5.41) is 0. The van der Waals surface area contributed by atoms with Gasteiger partial charge in [-0.2, -0.15) is 0 Å². The van der Waals surface area contributed by atoms with Gasteiger partial charge in [-0.25, -0.2) is 4.98 Å². The molecule has 0 N–H and O–H groups in total. The largest absolute Gasteiger partial charge is 0.489 e. The van der Waals surface area contributed by atoms with Crippen LogP contribution < -0.4 is 4.74 Å². The second-order valence-electron chi connectivity index (χ2n) is 5.84. The standard InChI is InChI=1S/C16H21ClN2O/c1-11(2)20-14-5-3-4-13-16(14)18-15(10-17)19(13)9-8-12-6-7-12/h3-5,11-12H,6-10H2,1-2H3. The van der Waals surface area contributed by atoms with Crippen LogP contribution in [0.4, 0.5) is 0 Å². The van der Waals surface area contributed by atoms with Gasteiger partial charge < -0.3 is 9.30 Å². The van der Waals surface area contributed by atoms with Gasteiger partial charge in [0.05, 0.1) is 17.5 Å². The fourth-order valence-electron chi connectivity index (χ4n) is 2.59. The molecule has 0 aliphatic heterocycles. The van der Waals surface area contributed by atoms with E-state index in [1.165, 1.54) is 19.3 Å². The lowest BCUT2D eigenvalue weighted by Crippen LogP contribution is -2.06. The molecular formula is C16H21ClN2O. The van der Waals surface area contributed by atoms with Crippen LogP contribution in [0.15, 0.2) is 18.2 Å². The van der Waals surface area contributed by atoms with Gasteiger partial charge in [-0.1, -0.05) is 18.9 Å². The van der Waals surface area contributed by atoms with Gasteiger partial charge in [-0.05, 0) is 38.3 Å². The molecule has 3 rings (SSSR count). The van der Waals surface area contributed by atoms with Gasteiger partial charge >= 0.3 is 0 Å². The van der Waals surface area contributed by atoms with Crippen molar-refractivity contribution in [2.75, 3.05) is 0 Å². The molecule has 0 bridgehead atoms. The number of alkyl halides is 1. The van der Waals surface area contributed by atoms with Gasteiger partial charge in [0.1, 0.15) is 17.1 Å². The number of benzene rings is 1. The van der Waals surface area contributed by atoms with Crippen molar-refractivity contribution in [3.05, 3.63) is 24.0 Å². The summed E-state index contributed by atoms with van der Waals surface area (Å²) in [4.78, 5) is 4.69. The maximum absolute atomic E-state index is 6.07. The second kappa shape index (κ2) is 5.65. The molecule has 0 unspecified atom stereocenters. The predicted octanol–water partition coefficient (Wildman–Crippen LogP) is 4.36. The highest BCUT2D eigenvalue weighted by molar-refractivity contribution is 6.16. The predicted molar refractivity (Wildman–Crippen MR) is 82.4 cm³/mol. The molecule has 2 aromatic rings. The van der Waals surface area contributed by atoms with E-state index in [0.717, 1.165) is 35.1 Å². The highest BCUT2D eigenvalue weighted by Gasteiger charge is 2.22. The number of aromatic nitrogens is 2. The van der Waals surface area contributed by atoms with Crippen LogP contribution in [0.1, 0.15) is 38.9 Å². The van der Waals surface area contributed by atoms with Crippen LogP contribution in [0.3, 0.4) is 0 Å². The van der Waals surface area contributed by atoms with E-state index >= 15 is 0 Å². The Hall–Kier alpha value is -1.22. The van der Waals surface area contributed by atoms with Crippen molar-refractivity contribution in [1.29, 1.82) is 0 Å². The van der Waals surface area contributed by atoms with Crippen LogP contribution in [0.5, 0.6) is 5.75 Å². The normalized spacial score (nSPS) is 15.2. The summed E-state index contributed by atoms with van der Waals surface area (Å²) in [6.07, 6.45) is 4.14. The molecular weight excluding hydrogens is 272 g/mol. The number of nitrogens with zero attached hydrogens (tertiary/aromatic N) is 2. The fraction of sp³-hybridized carbons (Fsp3) is 0.562. The molecule has 1 aromatic carbocycles. The Balaban J connectivity index is 1.98.